The molecule has 1 aliphatic heterocycles. The number of aromatic nitrogens is 2. The lowest BCUT2D eigenvalue weighted by molar-refractivity contribution is 0.162. The van der Waals surface area contributed by atoms with Crippen LogP contribution >= 0.6 is 23.1 Å². The Morgan fingerprint density at radius 1 is 1.44 bits per heavy atom. The van der Waals surface area contributed by atoms with Gasteiger partial charge in [-0.2, -0.15) is 0 Å². The summed E-state index contributed by atoms with van der Waals surface area (Å²) in [4.78, 5) is 22.4. The van der Waals surface area contributed by atoms with Gasteiger partial charge in [-0.25, -0.2) is 14.8 Å². The lowest BCUT2D eigenvalue weighted by Crippen LogP contribution is -2.46. The summed E-state index contributed by atoms with van der Waals surface area (Å²) in [5.41, 5.74) is 5.57. The smallest absolute Gasteiger partial charge is 0.315 e. The number of oxazole rings is 1. The van der Waals surface area contributed by atoms with Crippen molar-refractivity contribution < 1.29 is 9.21 Å². The van der Waals surface area contributed by atoms with E-state index in [-0.39, 0.29) is 17.5 Å². The summed E-state index contributed by atoms with van der Waals surface area (Å²) >= 11 is 3.35. The van der Waals surface area contributed by atoms with E-state index in [1.54, 1.807) is 34.2 Å². The monoisotopic (exact) mass is 380 g/mol. The highest BCUT2D eigenvalue weighted by Gasteiger charge is 2.33. The standard InChI is InChI=1S/C17H24N4O2S2/c1-17(2,3)13-8-20-14(23-13)10-25-11-4-5-12(15-19-6-7-24-15)21(9-11)16(18)22/h6-8,11-12H,4-5,9-10H2,1-3H3,(H2,18,22). The Kier molecular flexibility index (Phi) is 5.38. The Hall–Kier alpha value is -1.54. The maximum atomic E-state index is 11.9. The van der Waals surface area contributed by atoms with E-state index >= 15 is 0 Å². The number of carbonyl (C=O) groups excluding carboxylic acids is 1. The highest BCUT2D eigenvalue weighted by atomic mass is 32.2. The third-order valence-corrected chi connectivity index (χ3v) is 6.44. The van der Waals surface area contributed by atoms with Crippen LogP contribution < -0.4 is 5.73 Å². The van der Waals surface area contributed by atoms with Gasteiger partial charge in [-0.15, -0.1) is 23.1 Å². The topological polar surface area (TPSA) is 85.3 Å². The molecule has 1 fully saturated rings. The molecule has 25 heavy (non-hydrogen) atoms. The molecule has 1 saturated heterocycles. The molecule has 3 heterocycles. The minimum atomic E-state index is -0.378. The Balaban J connectivity index is 1.59. The maximum absolute atomic E-state index is 11.9. The van der Waals surface area contributed by atoms with Crippen LogP contribution in [0, 0.1) is 0 Å². The molecule has 2 amide bonds. The number of piperidine rings is 1. The first kappa shape index (κ1) is 18.3. The lowest BCUT2D eigenvalue weighted by atomic mass is 9.94. The van der Waals surface area contributed by atoms with Crippen LogP contribution in [0.5, 0.6) is 0 Å². The molecule has 2 aromatic heterocycles. The van der Waals surface area contributed by atoms with Crippen LogP contribution in [0.2, 0.25) is 0 Å². The fraction of sp³-hybridized carbons (Fsp3) is 0.588. The van der Waals surface area contributed by atoms with Gasteiger partial charge in [0.2, 0.25) is 5.89 Å². The van der Waals surface area contributed by atoms with Gasteiger partial charge >= 0.3 is 6.03 Å². The first-order valence-corrected chi connectivity index (χ1v) is 10.3. The van der Waals surface area contributed by atoms with Gasteiger partial charge in [-0.05, 0) is 12.8 Å². The van der Waals surface area contributed by atoms with E-state index in [4.69, 9.17) is 10.2 Å². The molecule has 1 aliphatic rings. The van der Waals surface area contributed by atoms with Crippen LogP contribution in [0.1, 0.15) is 56.3 Å². The SMILES string of the molecule is CC(C)(C)c1cnc(CSC2CCC(c3nccs3)N(C(N)=O)C2)o1. The highest BCUT2D eigenvalue weighted by Crippen LogP contribution is 2.36. The van der Waals surface area contributed by atoms with E-state index < -0.39 is 0 Å². The quantitative estimate of drug-likeness (QED) is 0.868. The third kappa shape index (κ3) is 4.36. The molecular formula is C17H24N4O2S2. The largest absolute Gasteiger partial charge is 0.444 e. The number of carbonyl (C=O) groups is 1. The molecule has 2 unspecified atom stereocenters. The summed E-state index contributed by atoms with van der Waals surface area (Å²) in [5.74, 6) is 2.34. The fourth-order valence-corrected chi connectivity index (χ4v) is 4.75. The molecular weight excluding hydrogens is 356 g/mol. The fourth-order valence-electron chi connectivity index (χ4n) is 2.89. The maximum Gasteiger partial charge on any atom is 0.315 e. The Labute approximate surface area is 156 Å². The van der Waals surface area contributed by atoms with Crippen molar-refractivity contribution in [2.24, 2.45) is 5.73 Å². The molecule has 0 spiro atoms. The van der Waals surface area contributed by atoms with E-state index in [0.717, 1.165) is 29.5 Å². The molecule has 2 aromatic rings. The molecule has 8 heteroatoms. The predicted octanol–water partition coefficient (Wildman–Crippen LogP) is 3.95. The molecule has 0 aromatic carbocycles. The number of hydrogen-bond acceptors (Lipinski definition) is 6. The number of likely N-dealkylation sites (tertiary alicyclic amines) is 1. The number of hydrogen-bond donors (Lipinski definition) is 1. The molecule has 2 N–H and O–H groups in total. The number of rotatable bonds is 4. The van der Waals surface area contributed by atoms with E-state index in [0.29, 0.717) is 17.5 Å². The van der Waals surface area contributed by atoms with E-state index in [9.17, 15) is 4.79 Å². The average molecular weight is 381 g/mol. The zero-order chi connectivity index (χ0) is 18.0. The molecule has 0 bridgehead atoms. The summed E-state index contributed by atoms with van der Waals surface area (Å²) in [6, 6.07) is -0.375. The van der Waals surface area contributed by atoms with Gasteiger partial charge in [0.15, 0.2) is 0 Å². The van der Waals surface area contributed by atoms with Gasteiger partial charge in [-0.1, -0.05) is 20.8 Å². The zero-order valence-corrected chi connectivity index (χ0v) is 16.4. The Morgan fingerprint density at radius 2 is 2.24 bits per heavy atom. The van der Waals surface area contributed by atoms with Crippen LogP contribution in [-0.2, 0) is 11.2 Å². The Bertz CT molecular complexity index is 709. The number of primary amides is 1. The number of urea groups is 1. The van der Waals surface area contributed by atoms with Crippen molar-refractivity contribution in [2.45, 2.75) is 56.1 Å². The van der Waals surface area contributed by atoms with Crippen molar-refractivity contribution in [2.75, 3.05) is 6.54 Å². The first-order valence-electron chi connectivity index (χ1n) is 8.37. The number of amides is 2. The van der Waals surface area contributed by atoms with Gasteiger partial charge in [-0.3, -0.25) is 0 Å². The van der Waals surface area contributed by atoms with Crippen molar-refractivity contribution >= 4 is 29.1 Å². The minimum Gasteiger partial charge on any atom is -0.444 e. The summed E-state index contributed by atoms with van der Waals surface area (Å²) in [7, 11) is 0. The molecule has 0 aliphatic carbocycles. The first-order chi connectivity index (χ1) is 11.8. The number of thiazole rings is 1. The molecule has 136 valence electrons. The highest BCUT2D eigenvalue weighted by molar-refractivity contribution is 7.99. The zero-order valence-electron chi connectivity index (χ0n) is 14.8. The molecule has 3 rings (SSSR count). The predicted molar refractivity (Wildman–Crippen MR) is 101 cm³/mol. The van der Waals surface area contributed by atoms with Crippen molar-refractivity contribution in [3.63, 3.8) is 0 Å². The number of nitrogens with zero attached hydrogens (tertiary/aromatic N) is 3. The van der Waals surface area contributed by atoms with Gasteiger partial charge in [0.25, 0.3) is 0 Å². The third-order valence-electron chi connectivity index (χ3n) is 4.29. The average Bonchev–Trinajstić information content (AvgIpc) is 3.23. The summed E-state index contributed by atoms with van der Waals surface area (Å²) in [6.45, 7) is 6.95. The Morgan fingerprint density at radius 3 is 2.84 bits per heavy atom. The van der Waals surface area contributed by atoms with Gasteiger partial charge in [0.1, 0.15) is 10.8 Å². The molecule has 0 radical (unpaired) electrons. The summed E-state index contributed by atoms with van der Waals surface area (Å²) < 4.78 is 5.85. The second-order valence-corrected chi connectivity index (χ2v) is 9.47. The van der Waals surface area contributed by atoms with Crippen LogP contribution in [0.4, 0.5) is 4.79 Å². The number of nitrogens with two attached hydrogens (primary N) is 1. The van der Waals surface area contributed by atoms with E-state index in [1.807, 2.05) is 11.6 Å². The second kappa shape index (κ2) is 7.37. The lowest BCUT2D eigenvalue weighted by Gasteiger charge is -2.37. The van der Waals surface area contributed by atoms with Crippen LogP contribution in [0.25, 0.3) is 0 Å². The van der Waals surface area contributed by atoms with E-state index in [2.05, 4.69) is 30.7 Å². The van der Waals surface area contributed by atoms with Crippen LogP contribution in [-0.4, -0.2) is 32.7 Å². The van der Waals surface area contributed by atoms with Crippen LogP contribution in [0.15, 0.2) is 22.2 Å². The van der Waals surface area contributed by atoms with Crippen molar-refractivity contribution in [1.29, 1.82) is 0 Å². The van der Waals surface area contributed by atoms with Crippen LogP contribution in [0.3, 0.4) is 0 Å². The number of thioether (sulfide) groups is 1. The molecule has 0 saturated carbocycles. The second-order valence-electron chi connectivity index (χ2n) is 7.26. The molecule has 2 atom stereocenters. The van der Waals surface area contributed by atoms with Gasteiger partial charge in [0.05, 0.1) is 18.0 Å². The van der Waals surface area contributed by atoms with Gasteiger partial charge < -0.3 is 15.1 Å². The summed E-state index contributed by atoms with van der Waals surface area (Å²) in [5, 5.41) is 3.23. The molecule has 6 nitrogen and oxygen atoms in total. The van der Waals surface area contributed by atoms with Gasteiger partial charge in [0, 0.05) is 28.8 Å². The van der Waals surface area contributed by atoms with E-state index in [1.165, 1.54) is 0 Å². The summed E-state index contributed by atoms with van der Waals surface area (Å²) in [6.07, 6.45) is 5.48. The van der Waals surface area contributed by atoms with Crippen molar-refractivity contribution in [3.8, 4) is 0 Å². The normalized spacial score (nSPS) is 21.5. The van der Waals surface area contributed by atoms with Crippen molar-refractivity contribution in [3.05, 3.63) is 34.4 Å². The minimum absolute atomic E-state index is 0.00332. The van der Waals surface area contributed by atoms with Crippen molar-refractivity contribution in [1.82, 2.24) is 14.9 Å².